The molecule has 0 bridgehead atoms. The fourth-order valence-electron chi connectivity index (χ4n) is 3.79. The molecule has 1 saturated heterocycles. The third-order valence-electron chi connectivity index (χ3n) is 5.47. The lowest BCUT2D eigenvalue weighted by atomic mass is 10.2. The van der Waals surface area contributed by atoms with E-state index in [4.69, 9.17) is 0 Å². The number of hydrogen-bond acceptors (Lipinski definition) is 6. The van der Waals surface area contributed by atoms with Crippen LogP contribution in [0.5, 0.6) is 0 Å². The van der Waals surface area contributed by atoms with Gasteiger partial charge in [0.15, 0.2) is 11.0 Å². The lowest BCUT2D eigenvalue weighted by molar-refractivity contribution is -0.113. The van der Waals surface area contributed by atoms with Crippen LogP contribution in [0.25, 0.3) is 11.4 Å². The summed E-state index contributed by atoms with van der Waals surface area (Å²) in [5, 5.41) is 12.5. The zero-order chi connectivity index (χ0) is 20.3. The summed E-state index contributed by atoms with van der Waals surface area (Å²) in [6, 6.07) is 12.4. The molecule has 30 heavy (non-hydrogen) atoms. The maximum Gasteiger partial charge on any atom is 0.234 e. The summed E-state index contributed by atoms with van der Waals surface area (Å²) in [6.07, 6.45) is 8.28. The van der Waals surface area contributed by atoms with Crippen molar-refractivity contribution in [2.24, 2.45) is 0 Å². The van der Waals surface area contributed by atoms with Crippen molar-refractivity contribution in [1.82, 2.24) is 19.7 Å². The maximum absolute atomic E-state index is 12.5. The second-order valence-corrected chi connectivity index (χ2v) is 8.66. The second-order valence-electron chi connectivity index (χ2n) is 7.72. The fourth-order valence-corrected chi connectivity index (χ4v) is 4.60. The van der Waals surface area contributed by atoms with Gasteiger partial charge in [-0.25, -0.2) is 0 Å². The number of amides is 1. The van der Waals surface area contributed by atoms with Gasteiger partial charge in [-0.05, 0) is 62.1 Å². The normalized spacial score (nSPS) is 16.1. The minimum atomic E-state index is -0.0373. The monoisotopic (exact) mass is 420 g/mol. The Morgan fingerprint density at radius 3 is 2.47 bits per heavy atom. The van der Waals surface area contributed by atoms with Crippen LogP contribution in [-0.2, 0) is 4.79 Å². The Hall–Kier alpha value is -2.87. The van der Waals surface area contributed by atoms with E-state index in [-0.39, 0.29) is 5.91 Å². The van der Waals surface area contributed by atoms with E-state index >= 15 is 0 Å². The number of carbonyl (C=O) groups excluding carboxylic acids is 1. The molecule has 3 aromatic rings. The fraction of sp³-hybridized carbons (Fsp3) is 0.364. The summed E-state index contributed by atoms with van der Waals surface area (Å²) in [7, 11) is 0. The highest BCUT2D eigenvalue weighted by atomic mass is 32.2. The number of thioether (sulfide) groups is 1. The molecule has 2 fully saturated rings. The van der Waals surface area contributed by atoms with E-state index in [9.17, 15) is 4.79 Å². The molecule has 2 aliphatic rings. The number of hydrogen-bond donors (Lipinski definition) is 1. The van der Waals surface area contributed by atoms with Gasteiger partial charge in [0.2, 0.25) is 5.91 Å². The minimum Gasteiger partial charge on any atom is -0.372 e. The van der Waals surface area contributed by atoms with Crippen LogP contribution >= 0.6 is 11.8 Å². The third kappa shape index (κ3) is 4.18. The lowest BCUT2D eigenvalue weighted by Gasteiger charge is -2.17. The highest BCUT2D eigenvalue weighted by Gasteiger charge is 2.30. The van der Waals surface area contributed by atoms with Gasteiger partial charge in [0.05, 0.1) is 5.75 Å². The van der Waals surface area contributed by atoms with Gasteiger partial charge in [0.25, 0.3) is 0 Å². The second kappa shape index (κ2) is 8.47. The molecule has 0 unspecified atom stereocenters. The first-order valence-corrected chi connectivity index (χ1v) is 11.4. The lowest BCUT2D eigenvalue weighted by Crippen LogP contribution is -2.18. The first-order chi connectivity index (χ1) is 14.8. The van der Waals surface area contributed by atoms with Crippen LogP contribution in [0.3, 0.4) is 0 Å². The van der Waals surface area contributed by atoms with E-state index < -0.39 is 0 Å². The topological polar surface area (TPSA) is 75.9 Å². The number of nitrogens with one attached hydrogen (secondary N) is 1. The molecule has 1 aliphatic heterocycles. The molecule has 2 aromatic heterocycles. The van der Waals surface area contributed by atoms with Gasteiger partial charge in [-0.1, -0.05) is 11.8 Å². The van der Waals surface area contributed by atoms with Crippen molar-refractivity contribution < 1.29 is 4.79 Å². The van der Waals surface area contributed by atoms with Crippen LogP contribution in [-0.4, -0.2) is 44.5 Å². The zero-order valence-electron chi connectivity index (χ0n) is 16.7. The van der Waals surface area contributed by atoms with Crippen molar-refractivity contribution in [3.8, 4) is 11.4 Å². The average molecular weight is 421 g/mol. The highest BCUT2D eigenvalue weighted by Crippen LogP contribution is 2.41. The molecule has 1 aromatic carbocycles. The number of pyridine rings is 1. The summed E-state index contributed by atoms with van der Waals surface area (Å²) >= 11 is 1.44. The summed E-state index contributed by atoms with van der Waals surface area (Å²) in [4.78, 5) is 19.0. The molecule has 1 N–H and O–H groups in total. The summed E-state index contributed by atoms with van der Waals surface area (Å²) in [6.45, 7) is 2.23. The number of rotatable bonds is 7. The van der Waals surface area contributed by atoms with Crippen LogP contribution < -0.4 is 10.2 Å². The first kappa shape index (κ1) is 19.1. The smallest absolute Gasteiger partial charge is 0.234 e. The summed E-state index contributed by atoms with van der Waals surface area (Å²) in [5.74, 6) is 1.11. The van der Waals surface area contributed by atoms with Crippen LogP contribution in [0.1, 0.15) is 31.7 Å². The Kier molecular flexibility index (Phi) is 5.40. The number of anilines is 2. The molecule has 7 nitrogen and oxygen atoms in total. The maximum atomic E-state index is 12.5. The highest BCUT2D eigenvalue weighted by molar-refractivity contribution is 7.99. The van der Waals surface area contributed by atoms with Crippen LogP contribution in [0.4, 0.5) is 11.4 Å². The van der Waals surface area contributed by atoms with Crippen molar-refractivity contribution in [3.05, 3.63) is 48.8 Å². The van der Waals surface area contributed by atoms with E-state index in [0.717, 1.165) is 48.2 Å². The van der Waals surface area contributed by atoms with E-state index in [1.165, 1.54) is 30.3 Å². The Bertz CT molecular complexity index is 1010. The average Bonchev–Trinajstić information content (AvgIpc) is 3.29. The molecule has 3 heterocycles. The van der Waals surface area contributed by atoms with E-state index in [1.807, 2.05) is 24.3 Å². The molecule has 0 atom stereocenters. The third-order valence-corrected chi connectivity index (χ3v) is 6.41. The quantitative estimate of drug-likeness (QED) is 0.582. The Morgan fingerprint density at radius 2 is 1.77 bits per heavy atom. The Balaban J connectivity index is 1.22. The van der Waals surface area contributed by atoms with E-state index in [1.54, 1.807) is 12.4 Å². The number of aromatic nitrogens is 4. The minimum absolute atomic E-state index is 0.0373. The molecular formula is C22H24N6OS. The van der Waals surface area contributed by atoms with Gasteiger partial charge in [-0.2, -0.15) is 0 Å². The summed E-state index contributed by atoms with van der Waals surface area (Å²) in [5.41, 5.74) is 3.05. The SMILES string of the molecule is O=C(CSc1nnc(-c2ccncc2)n1C1CC1)Nc1ccc(N2CCCC2)cc1. The van der Waals surface area contributed by atoms with Gasteiger partial charge in [-0.15, -0.1) is 10.2 Å². The van der Waals surface area contributed by atoms with Crippen molar-refractivity contribution in [2.45, 2.75) is 36.9 Å². The van der Waals surface area contributed by atoms with Crippen molar-refractivity contribution in [3.63, 3.8) is 0 Å². The molecule has 0 spiro atoms. The molecule has 1 aliphatic carbocycles. The predicted octanol–water partition coefficient (Wildman–Crippen LogP) is 4.01. The Morgan fingerprint density at radius 1 is 1.03 bits per heavy atom. The van der Waals surface area contributed by atoms with Crippen molar-refractivity contribution in [2.75, 3.05) is 29.1 Å². The number of carbonyl (C=O) groups is 1. The molecule has 1 amide bonds. The van der Waals surface area contributed by atoms with Gasteiger partial charge in [0, 0.05) is 48.5 Å². The molecule has 1 saturated carbocycles. The van der Waals surface area contributed by atoms with Crippen LogP contribution in [0.2, 0.25) is 0 Å². The van der Waals surface area contributed by atoms with Crippen LogP contribution in [0.15, 0.2) is 53.9 Å². The molecular weight excluding hydrogens is 396 g/mol. The van der Waals surface area contributed by atoms with Gasteiger partial charge >= 0.3 is 0 Å². The molecule has 0 radical (unpaired) electrons. The standard InChI is InChI=1S/C22H24N6OS/c29-20(24-17-3-5-18(6-4-17)27-13-1-2-14-27)15-30-22-26-25-21(28(22)19-7-8-19)16-9-11-23-12-10-16/h3-6,9-12,19H,1-2,7-8,13-15H2,(H,24,29). The first-order valence-electron chi connectivity index (χ1n) is 10.4. The van der Waals surface area contributed by atoms with Crippen LogP contribution in [0, 0.1) is 0 Å². The molecule has 8 heteroatoms. The zero-order valence-corrected chi connectivity index (χ0v) is 17.5. The van der Waals surface area contributed by atoms with Gasteiger partial charge < -0.3 is 10.2 Å². The molecule has 5 rings (SSSR count). The van der Waals surface area contributed by atoms with Crippen molar-refractivity contribution in [1.29, 1.82) is 0 Å². The predicted molar refractivity (Wildman–Crippen MR) is 119 cm³/mol. The van der Waals surface area contributed by atoms with Crippen molar-refractivity contribution >= 4 is 29.0 Å². The Labute approximate surface area is 179 Å². The van der Waals surface area contributed by atoms with Gasteiger partial charge in [-0.3, -0.25) is 14.3 Å². The largest absolute Gasteiger partial charge is 0.372 e. The number of nitrogens with zero attached hydrogens (tertiary/aromatic N) is 5. The van der Waals surface area contributed by atoms with Gasteiger partial charge in [0.1, 0.15) is 0 Å². The van der Waals surface area contributed by atoms with E-state index in [2.05, 4.69) is 42.1 Å². The molecule has 154 valence electrons. The van der Waals surface area contributed by atoms with E-state index in [0.29, 0.717) is 11.8 Å². The summed E-state index contributed by atoms with van der Waals surface area (Å²) < 4.78 is 2.16. The number of benzene rings is 1.